The molecule has 3 unspecified atom stereocenters. The van der Waals surface area contributed by atoms with E-state index in [2.05, 4.69) is 5.32 Å². The number of carboxylic acids is 1. The van der Waals surface area contributed by atoms with Crippen LogP contribution in [0.15, 0.2) is 0 Å². The standard InChI is InChI=1S/C13H22N2O4/c1-8(9(2)13(18)19)11(16)14-10(3)12(17)15-6-4-5-7-15/h8-10H,4-7H2,1-3H3,(H,14,16)(H,18,19). The molecule has 1 aliphatic rings. The monoisotopic (exact) mass is 270 g/mol. The molecule has 0 radical (unpaired) electrons. The van der Waals surface area contributed by atoms with Crippen LogP contribution in [0.3, 0.4) is 0 Å². The van der Waals surface area contributed by atoms with Crippen molar-refractivity contribution in [3.05, 3.63) is 0 Å². The molecule has 0 aromatic rings. The molecule has 0 saturated carbocycles. The topological polar surface area (TPSA) is 86.7 Å². The summed E-state index contributed by atoms with van der Waals surface area (Å²) in [7, 11) is 0. The van der Waals surface area contributed by atoms with Gasteiger partial charge in [-0.05, 0) is 19.8 Å². The quantitative estimate of drug-likeness (QED) is 0.760. The minimum atomic E-state index is -1.01. The van der Waals surface area contributed by atoms with Crippen LogP contribution < -0.4 is 5.32 Å². The highest BCUT2D eigenvalue weighted by molar-refractivity contribution is 5.90. The van der Waals surface area contributed by atoms with Crippen molar-refractivity contribution in [3.63, 3.8) is 0 Å². The van der Waals surface area contributed by atoms with Crippen molar-refractivity contribution < 1.29 is 19.5 Å². The van der Waals surface area contributed by atoms with Gasteiger partial charge in [0.25, 0.3) is 0 Å². The van der Waals surface area contributed by atoms with E-state index in [-0.39, 0.29) is 5.91 Å². The molecule has 0 aliphatic carbocycles. The van der Waals surface area contributed by atoms with Gasteiger partial charge in [0, 0.05) is 19.0 Å². The molecule has 108 valence electrons. The number of aliphatic carboxylic acids is 1. The molecule has 6 heteroatoms. The largest absolute Gasteiger partial charge is 0.481 e. The number of rotatable bonds is 5. The fourth-order valence-electron chi connectivity index (χ4n) is 2.06. The van der Waals surface area contributed by atoms with E-state index in [0.717, 1.165) is 25.9 Å². The number of nitrogens with one attached hydrogen (secondary N) is 1. The maximum absolute atomic E-state index is 12.0. The molecule has 0 aromatic carbocycles. The highest BCUT2D eigenvalue weighted by Crippen LogP contribution is 2.13. The lowest BCUT2D eigenvalue weighted by Gasteiger charge is -2.23. The van der Waals surface area contributed by atoms with Crippen molar-refractivity contribution in [1.82, 2.24) is 10.2 Å². The Morgan fingerprint density at radius 2 is 1.58 bits per heavy atom. The van der Waals surface area contributed by atoms with E-state index in [1.807, 2.05) is 0 Å². The Labute approximate surface area is 113 Å². The van der Waals surface area contributed by atoms with Crippen molar-refractivity contribution in [2.45, 2.75) is 39.7 Å². The molecule has 0 spiro atoms. The summed E-state index contributed by atoms with van der Waals surface area (Å²) >= 11 is 0. The molecule has 1 rings (SSSR count). The summed E-state index contributed by atoms with van der Waals surface area (Å²) in [6, 6.07) is -0.603. The first-order valence-corrected chi connectivity index (χ1v) is 6.66. The van der Waals surface area contributed by atoms with Crippen LogP contribution in [-0.4, -0.2) is 46.9 Å². The molecule has 1 heterocycles. The van der Waals surface area contributed by atoms with E-state index >= 15 is 0 Å². The number of amides is 2. The van der Waals surface area contributed by atoms with Crippen molar-refractivity contribution in [1.29, 1.82) is 0 Å². The van der Waals surface area contributed by atoms with E-state index < -0.39 is 29.8 Å². The molecule has 2 amide bonds. The second kappa shape index (κ2) is 6.54. The molecular formula is C13H22N2O4. The second-order valence-electron chi connectivity index (χ2n) is 5.18. The summed E-state index contributed by atoms with van der Waals surface area (Å²) in [6.07, 6.45) is 2.00. The Balaban J connectivity index is 2.51. The summed E-state index contributed by atoms with van der Waals surface area (Å²) < 4.78 is 0. The smallest absolute Gasteiger partial charge is 0.307 e. The van der Waals surface area contributed by atoms with Gasteiger partial charge in [-0.15, -0.1) is 0 Å². The number of hydrogen-bond acceptors (Lipinski definition) is 3. The van der Waals surface area contributed by atoms with Crippen molar-refractivity contribution in [2.75, 3.05) is 13.1 Å². The first-order valence-electron chi connectivity index (χ1n) is 6.66. The van der Waals surface area contributed by atoms with Crippen LogP contribution in [-0.2, 0) is 14.4 Å². The molecule has 1 saturated heterocycles. The Hall–Kier alpha value is -1.59. The van der Waals surface area contributed by atoms with Gasteiger partial charge >= 0.3 is 5.97 Å². The Morgan fingerprint density at radius 1 is 1.05 bits per heavy atom. The molecule has 0 aromatic heterocycles. The van der Waals surface area contributed by atoms with E-state index in [0.29, 0.717) is 0 Å². The number of carbonyl (C=O) groups excluding carboxylic acids is 2. The van der Waals surface area contributed by atoms with Gasteiger partial charge in [0.15, 0.2) is 0 Å². The van der Waals surface area contributed by atoms with Gasteiger partial charge < -0.3 is 15.3 Å². The van der Waals surface area contributed by atoms with Gasteiger partial charge in [0.05, 0.1) is 5.92 Å². The summed E-state index contributed by atoms with van der Waals surface area (Å²) in [5.74, 6) is -2.93. The summed E-state index contributed by atoms with van der Waals surface area (Å²) in [4.78, 5) is 36.4. The van der Waals surface area contributed by atoms with Gasteiger partial charge in [-0.25, -0.2) is 0 Å². The van der Waals surface area contributed by atoms with Crippen LogP contribution in [0.2, 0.25) is 0 Å². The van der Waals surface area contributed by atoms with Crippen LogP contribution in [0.25, 0.3) is 0 Å². The first-order chi connectivity index (χ1) is 8.84. The normalized spacial score (nSPS) is 19.6. The number of nitrogens with zero attached hydrogens (tertiary/aromatic N) is 1. The zero-order valence-corrected chi connectivity index (χ0v) is 11.7. The minimum Gasteiger partial charge on any atom is -0.481 e. The maximum Gasteiger partial charge on any atom is 0.307 e. The highest BCUT2D eigenvalue weighted by Gasteiger charge is 2.29. The molecule has 1 fully saturated rings. The van der Waals surface area contributed by atoms with Crippen molar-refractivity contribution >= 4 is 17.8 Å². The average Bonchev–Trinajstić information content (AvgIpc) is 2.89. The number of likely N-dealkylation sites (tertiary alicyclic amines) is 1. The van der Waals surface area contributed by atoms with E-state index in [9.17, 15) is 14.4 Å². The maximum atomic E-state index is 12.0. The first kappa shape index (κ1) is 15.5. The van der Waals surface area contributed by atoms with Crippen LogP contribution in [0.4, 0.5) is 0 Å². The third-order valence-electron chi connectivity index (χ3n) is 3.70. The summed E-state index contributed by atoms with van der Waals surface area (Å²) in [6.45, 7) is 6.15. The molecule has 2 N–H and O–H groups in total. The van der Waals surface area contributed by atoms with Crippen molar-refractivity contribution in [3.8, 4) is 0 Å². The SMILES string of the molecule is CC(NC(=O)C(C)C(C)C(=O)O)C(=O)N1CCCC1. The van der Waals surface area contributed by atoms with Gasteiger partial charge in [0.2, 0.25) is 11.8 Å². The number of carbonyl (C=O) groups is 3. The highest BCUT2D eigenvalue weighted by atomic mass is 16.4. The molecule has 0 bridgehead atoms. The lowest BCUT2D eigenvalue weighted by atomic mass is 9.95. The molecule has 1 aliphatic heterocycles. The van der Waals surface area contributed by atoms with Gasteiger partial charge in [-0.2, -0.15) is 0 Å². The van der Waals surface area contributed by atoms with E-state index in [1.165, 1.54) is 6.92 Å². The van der Waals surface area contributed by atoms with Gasteiger partial charge in [0.1, 0.15) is 6.04 Å². The zero-order valence-electron chi connectivity index (χ0n) is 11.7. The van der Waals surface area contributed by atoms with Crippen LogP contribution in [0, 0.1) is 11.8 Å². The molecule has 3 atom stereocenters. The third-order valence-corrected chi connectivity index (χ3v) is 3.70. The predicted molar refractivity (Wildman–Crippen MR) is 69.4 cm³/mol. The molecule has 6 nitrogen and oxygen atoms in total. The lowest BCUT2D eigenvalue weighted by Crippen LogP contribution is -2.48. The van der Waals surface area contributed by atoms with Gasteiger partial charge in [-0.1, -0.05) is 13.8 Å². The average molecular weight is 270 g/mol. The Morgan fingerprint density at radius 3 is 2.05 bits per heavy atom. The fraction of sp³-hybridized carbons (Fsp3) is 0.769. The fourth-order valence-corrected chi connectivity index (χ4v) is 2.06. The number of carboxylic acid groups (broad SMARTS) is 1. The number of hydrogen-bond donors (Lipinski definition) is 2. The summed E-state index contributed by atoms with van der Waals surface area (Å²) in [5, 5.41) is 11.5. The zero-order chi connectivity index (χ0) is 14.6. The van der Waals surface area contributed by atoms with E-state index in [1.54, 1.807) is 18.7 Å². The Kier molecular flexibility index (Phi) is 5.32. The van der Waals surface area contributed by atoms with Crippen LogP contribution in [0.1, 0.15) is 33.6 Å². The molecular weight excluding hydrogens is 248 g/mol. The summed E-state index contributed by atoms with van der Waals surface area (Å²) in [5.41, 5.74) is 0. The van der Waals surface area contributed by atoms with Crippen molar-refractivity contribution in [2.24, 2.45) is 11.8 Å². The van der Waals surface area contributed by atoms with Gasteiger partial charge in [-0.3, -0.25) is 14.4 Å². The van der Waals surface area contributed by atoms with E-state index in [4.69, 9.17) is 5.11 Å². The second-order valence-corrected chi connectivity index (χ2v) is 5.18. The lowest BCUT2D eigenvalue weighted by molar-refractivity contribution is -0.146. The molecule has 19 heavy (non-hydrogen) atoms. The third kappa shape index (κ3) is 3.94. The van der Waals surface area contributed by atoms with Crippen LogP contribution in [0.5, 0.6) is 0 Å². The Bertz CT molecular complexity index is 364. The van der Waals surface area contributed by atoms with Crippen LogP contribution >= 0.6 is 0 Å². The predicted octanol–water partition coefficient (Wildman–Crippen LogP) is 0.470. The minimum absolute atomic E-state index is 0.0963.